The van der Waals surface area contributed by atoms with Crippen molar-refractivity contribution < 1.29 is 9.53 Å². The largest absolute Gasteiger partial charge is 0.490 e. The smallest absolute Gasteiger partial charge is 0.176 e. The highest BCUT2D eigenvalue weighted by Gasteiger charge is 2.23. The molecule has 0 radical (unpaired) electrons. The minimum atomic E-state index is 0.111. The van der Waals surface area contributed by atoms with Crippen molar-refractivity contribution in [1.82, 2.24) is 5.32 Å². The van der Waals surface area contributed by atoms with Crippen LogP contribution < -0.4 is 10.1 Å². The van der Waals surface area contributed by atoms with Crippen molar-refractivity contribution in [1.29, 1.82) is 0 Å². The summed E-state index contributed by atoms with van der Waals surface area (Å²) in [6.07, 6.45) is 2.63. The first kappa shape index (κ1) is 12.1. The van der Waals surface area contributed by atoms with Gasteiger partial charge in [-0.1, -0.05) is 26.0 Å². The van der Waals surface area contributed by atoms with E-state index in [4.69, 9.17) is 4.74 Å². The lowest BCUT2D eigenvalue weighted by atomic mass is 10.1. The Labute approximate surface area is 102 Å². The molecule has 1 N–H and O–H groups in total. The van der Waals surface area contributed by atoms with Gasteiger partial charge in [-0.2, -0.15) is 0 Å². The van der Waals surface area contributed by atoms with Gasteiger partial charge in [0.25, 0.3) is 0 Å². The number of benzene rings is 1. The van der Waals surface area contributed by atoms with E-state index in [9.17, 15) is 4.79 Å². The lowest BCUT2D eigenvalue weighted by Gasteiger charge is -2.09. The van der Waals surface area contributed by atoms with E-state index < -0.39 is 0 Å². The lowest BCUT2D eigenvalue weighted by Crippen LogP contribution is -2.29. The van der Waals surface area contributed by atoms with E-state index in [0.717, 1.165) is 24.2 Å². The normalized spacial score (nSPS) is 15.0. The molecule has 0 saturated heterocycles. The molecule has 0 amide bonds. The zero-order valence-corrected chi connectivity index (χ0v) is 10.4. The summed E-state index contributed by atoms with van der Waals surface area (Å²) in [5.74, 6) is 0.919. The molecule has 92 valence electrons. The molecule has 0 heterocycles. The van der Waals surface area contributed by atoms with Crippen LogP contribution >= 0.6 is 0 Å². The summed E-state index contributed by atoms with van der Waals surface area (Å²) in [6, 6.07) is 7.78. The monoisotopic (exact) mass is 233 g/mol. The fourth-order valence-corrected chi connectivity index (χ4v) is 1.52. The van der Waals surface area contributed by atoms with Crippen LogP contribution in [0.3, 0.4) is 0 Å². The standard InChI is InChI=1S/C14H19NO2/c1-10(2)15-9-14(16)11-4-3-5-13(8-11)17-12-6-7-12/h3-5,8,10,12,15H,6-7,9H2,1-2H3. The highest BCUT2D eigenvalue weighted by atomic mass is 16.5. The number of carbonyl (C=O) groups is 1. The molecular formula is C14H19NO2. The summed E-state index contributed by atoms with van der Waals surface area (Å²) in [5, 5.41) is 3.13. The highest BCUT2D eigenvalue weighted by Crippen LogP contribution is 2.27. The van der Waals surface area contributed by atoms with Crippen molar-refractivity contribution in [2.24, 2.45) is 0 Å². The van der Waals surface area contributed by atoms with Gasteiger partial charge in [0.15, 0.2) is 5.78 Å². The van der Waals surface area contributed by atoms with Gasteiger partial charge in [-0.15, -0.1) is 0 Å². The molecule has 1 aromatic carbocycles. The first-order chi connectivity index (χ1) is 8.15. The Morgan fingerprint density at radius 3 is 2.88 bits per heavy atom. The SMILES string of the molecule is CC(C)NCC(=O)c1cccc(OC2CC2)c1. The molecule has 3 heteroatoms. The highest BCUT2D eigenvalue weighted by molar-refractivity contribution is 5.97. The van der Waals surface area contributed by atoms with Gasteiger partial charge < -0.3 is 10.1 Å². The van der Waals surface area contributed by atoms with E-state index in [1.165, 1.54) is 0 Å². The maximum Gasteiger partial charge on any atom is 0.176 e. The molecule has 0 bridgehead atoms. The third-order valence-electron chi connectivity index (χ3n) is 2.65. The molecule has 0 aromatic heterocycles. The molecular weight excluding hydrogens is 214 g/mol. The second-order valence-electron chi connectivity index (χ2n) is 4.80. The predicted molar refractivity (Wildman–Crippen MR) is 67.6 cm³/mol. The van der Waals surface area contributed by atoms with E-state index in [0.29, 0.717) is 18.7 Å². The number of hydrogen-bond donors (Lipinski definition) is 1. The fraction of sp³-hybridized carbons (Fsp3) is 0.500. The minimum absolute atomic E-state index is 0.111. The average molecular weight is 233 g/mol. The van der Waals surface area contributed by atoms with Crippen LogP contribution in [0.5, 0.6) is 5.75 Å². The molecule has 0 spiro atoms. The first-order valence-corrected chi connectivity index (χ1v) is 6.18. The maximum atomic E-state index is 11.9. The summed E-state index contributed by atoms with van der Waals surface area (Å²) in [4.78, 5) is 11.9. The van der Waals surface area contributed by atoms with Crippen LogP contribution in [-0.4, -0.2) is 24.5 Å². The topological polar surface area (TPSA) is 38.3 Å². The number of hydrogen-bond acceptors (Lipinski definition) is 3. The third kappa shape index (κ3) is 3.86. The summed E-state index contributed by atoms with van der Waals surface area (Å²) in [7, 11) is 0. The Hall–Kier alpha value is -1.35. The second-order valence-corrected chi connectivity index (χ2v) is 4.80. The van der Waals surface area contributed by atoms with Gasteiger partial charge in [0.1, 0.15) is 5.75 Å². The van der Waals surface area contributed by atoms with Crippen LogP contribution in [0.2, 0.25) is 0 Å². The van der Waals surface area contributed by atoms with Crippen molar-refractivity contribution in [2.75, 3.05) is 6.54 Å². The summed E-state index contributed by atoms with van der Waals surface area (Å²) < 4.78 is 5.67. The second kappa shape index (κ2) is 5.32. The fourth-order valence-electron chi connectivity index (χ4n) is 1.52. The zero-order valence-electron chi connectivity index (χ0n) is 10.4. The molecule has 0 aliphatic heterocycles. The number of ketones is 1. The Morgan fingerprint density at radius 1 is 1.47 bits per heavy atom. The molecule has 2 rings (SSSR count). The molecule has 1 fully saturated rings. The number of rotatable bonds is 6. The summed E-state index contributed by atoms with van der Waals surface area (Å²) >= 11 is 0. The maximum absolute atomic E-state index is 11.9. The average Bonchev–Trinajstić information content (AvgIpc) is 3.10. The van der Waals surface area contributed by atoms with Crippen LogP contribution in [0.4, 0.5) is 0 Å². The summed E-state index contributed by atoms with van der Waals surface area (Å²) in [5.41, 5.74) is 0.719. The van der Waals surface area contributed by atoms with Crippen LogP contribution in [0, 0.1) is 0 Å². The molecule has 1 aliphatic carbocycles. The van der Waals surface area contributed by atoms with Gasteiger partial charge in [-0.3, -0.25) is 4.79 Å². The van der Waals surface area contributed by atoms with E-state index >= 15 is 0 Å². The van der Waals surface area contributed by atoms with Crippen LogP contribution in [0.25, 0.3) is 0 Å². The van der Waals surface area contributed by atoms with Gasteiger partial charge in [0.2, 0.25) is 0 Å². The van der Waals surface area contributed by atoms with Crippen LogP contribution in [0.1, 0.15) is 37.0 Å². The van der Waals surface area contributed by atoms with Gasteiger partial charge in [-0.05, 0) is 25.0 Å². The Kier molecular flexibility index (Phi) is 3.79. The van der Waals surface area contributed by atoms with Gasteiger partial charge >= 0.3 is 0 Å². The summed E-state index contributed by atoms with van der Waals surface area (Å²) in [6.45, 7) is 4.43. The number of ether oxygens (including phenoxy) is 1. The quantitative estimate of drug-likeness (QED) is 0.767. The van der Waals surface area contributed by atoms with Crippen molar-refractivity contribution in [3.63, 3.8) is 0 Å². The Morgan fingerprint density at radius 2 is 2.24 bits per heavy atom. The van der Waals surface area contributed by atoms with Crippen molar-refractivity contribution in [2.45, 2.75) is 38.8 Å². The first-order valence-electron chi connectivity index (χ1n) is 6.18. The molecule has 1 saturated carbocycles. The van der Waals surface area contributed by atoms with Crippen LogP contribution in [-0.2, 0) is 0 Å². The van der Waals surface area contributed by atoms with Crippen molar-refractivity contribution in [3.05, 3.63) is 29.8 Å². The van der Waals surface area contributed by atoms with Gasteiger partial charge in [0.05, 0.1) is 12.6 Å². The Balaban J connectivity index is 1.96. The van der Waals surface area contributed by atoms with E-state index in [-0.39, 0.29) is 5.78 Å². The van der Waals surface area contributed by atoms with Crippen LogP contribution in [0.15, 0.2) is 24.3 Å². The number of Topliss-reactive ketones (excluding diaryl/α,β-unsaturated/α-hetero) is 1. The minimum Gasteiger partial charge on any atom is -0.490 e. The third-order valence-corrected chi connectivity index (χ3v) is 2.65. The van der Waals surface area contributed by atoms with Crippen molar-refractivity contribution >= 4 is 5.78 Å². The predicted octanol–water partition coefficient (Wildman–Crippen LogP) is 2.41. The van der Waals surface area contributed by atoms with E-state index in [2.05, 4.69) is 5.32 Å². The number of carbonyl (C=O) groups excluding carboxylic acids is 1. The number of nitrogens with one attached hydrogen (secondary N) is 1. The van der Waals surface area contributed by atoms with Gasteiger partial charge in [-0.25, -0.2) is 0 Å². The van der Waals surface area contributed by atoms with Crippen molar-refractivity contribution in [3.8, 4) is 5.75 Å². The molecule has 1 aliphatic rings. The lowest BCUT2D eigenvalue weighted by molar-refractivity contribution is 0.0988. The zero-order chi connectivity index (χ0) is 12.3. The van der Waals surface area contributed by atoms with E-state index in [1.54, 1.807) is 0 Å². The van der Waals surface area contributed by atoms with E-state index in [1.807, 2.05) is 38.1 Å². The Bertz CT molecular complexity index is 397. The van der Waals surface area contributed by atoms with Gasteiger partial charge in [0, 0.05) is 11.6 Å². The molecule has 0 atom stereocenters. The molecule has 3 nitrogen and oxygen atoms in total. The molecule has 17 heavy (non-hydrogen) atoms. The molecule has 1 aromatic rings. The molecule has 0 unspecified atom stereocenters.